The van der Waals surface area contributed by atoms with Crippen molar-refractivity contribution in [2.75, 3.05) is 0 Å². The third-order valence-corrected chi connectivity index (χ3v) is 11.2. The van der Waals surface area contributed by atoms with Gasteiger partial charge in [-0.15, -0.1) is 0 Å². The van der Waals surface area contributed by atoms with Crippen molar-refractivity contribution in [3.8, 4) is 45.5 Å². The van der Waals surface area contributed by atoms with Crippen molar-refractivity contribution in [1.29, 1.82) is 0 Å². The first-order valence-electron chi connectivity index (χ1n) is 19.1. The lowest BCUT2D eigenvalue weighted by atomic mass is 10.1. The minimum Gasteiger partial charge on any atom is -0.454 e. The van der Waals surface area contributed by atoms with E-state index in [1.165, 1.54) is 32.6 Å². The van der Waals surface area contributed by atoms with Crippen molar-refractivity contribution >= 4 is 65.6 Å². The van der Waals surface area contributed by atoms with Crippen LogP contribution in [0.1, 0.15) is 0 Å². The van der Waals surface area contributed by atoms with Gasteiger partial charge in [-0.1, -0.05) is 140 Å². The average Bonchev–Trinajstić information content (AvgIpc) is 3.94. The van der Waals surface area contributed by atoms with Crippen LogP contribution < -0.4 is 0 Å². The first-order valence-corrected chi connectivity index (χ1v) is 19.1. The fourth-order valence-electron chi connectivity index (χ4n) is 8.65. The molecule has 0 saturated carbocycles. The maximum Gasteiger partial charge on any atom is 0.164 e. The Labute approximate surface area is 326 Å². The summed E-state index contributed by atoms with van der Waals surface area (Å²) in [7, 11) is 0. The lowest BCUT2D eigenvalue weighted by Gasteiger charge is -2.10. The summed E-state index contributed by atoms with van der Waals surface area (Å²) < 4.78 is 11.7. The van der Waals surface area contributed by atoms with E-state index < -0.39 is 0 Å². The largest absolute Gasteiger partial charge is 0.454 e. The van der Waals surface area contributed by atoms with E-state index >= 15 is 0 Å². The quantitative estimate of drug-likeness (QED) is 0.177. The molecule has 8 aromatic carbocycles. The number of furan rings is 1. The minimum absolute atomic E-state index is 0.588. The minimum atomic E-state index is 0.588. The van der Waals surface area contributed by atoms with Crippen LogP contribution in [0.15, 0.2) is 192 Å². The molecule has 0 amide bonds. The molecule has 0 spiro atoms. The number of hydrogen-bond donors (Lipinski definition) is 0. The van der Waals surface area contributed by atoms with Gasteiger partial charge in [0.05, 0.1) is 27.8 Å². The molecule has 0 atom stereocenters. The summed E-state index contributed by atoms with van der Waals surface area (Å²) in [5.74, 6) is 1.84. The van der Waals surface area contributed by atoms with Gasteiger partial charge in [-0.25, -0.2) is 15.0 Å². The van der Waals surface area contributed by atoms with Crippen LogP contribution in [0, 0.1) is 0 Å². The zero-order valence-corrected chi connectivity index (χ0v) is 30.5. The van der Waals surface area contributed by atoms with Crippen LogP contribution in [0.25, 0.3) is 111 Å². The predicted octanol–water partition coefficient (Wildman–Crippen LogP) is 13.0. The topological polar surface area (TPSA) is 61.7 Å². The Bertz CT molecular complexity index is 3450. The van der Waals surface area contributed by atoms with Crippen LogP contribution in [-0.4, -0.2) is 24.1 Å². The van der Waals surface area contributed by atoms with Crippen molar-refractivity contribution < 1.29 is 4.42 Å². The van der Waals surface area contributed by atoms with Crippen molar-refractivity contribution in [2.24, 2.45) is 0 Å². The first-order chi connectivity index (χ1) is 28.3. The van der Waals surface area contributed by atoms with Gasteiger partial charge in [0, 0.05) is 54.7 Å². The van der Waals surface area contributed by atoms with E-state index in [0.717, 1.165) is 61.0 Å². The molecule has 266 valence electrons. The second-order valence-corrected chi connectivity index (χ2v) is 14.4. The van der Waals surface area contributed by atoms with E-state index in [2.05, 4.69) is 137 Å². The zero-order chi connectivity index (χ0) is 37.5. The Morgan fingerprint density at radius 1 is 0.368 bits per heavy atom. The summed E-state index contributed by atoms with van der Waals surface area (Å²) >= 11 is 0. The number of hydrogen-bond acceptors (Lipinski definition) is 4. The van der Waals surface area contributed by atoms with Crippen molar-refractivity contribution in [1.82, 2.24) is 24.1 Å². The van der Waals surface area contributed by atoms with Crippen LogP contribution in [0.3, 0.4) is 0 Å². The lowest BCUT2D eigenvalue weighted by molar-refractivity contribution is 0.666. The molecular weight excluding hydrogens is 699 g/mol. The Hall–Kier alpha value is -7.83. The summed E-state index contributed by atoms with van der Waals surface area (Å²) in [4.78, 5) is 14.9. The lowest BCUT2D eigenvalue weighted by Crippen LogP contribution is -2.00. The highest BCUT2D eigenvalue weighted by molar-refractivity contribution is 6.26. The third-order valence-electron chi connectivity index (χ3n) is 11.2. The van der Waals surface area contributed by atoms with Gasteiger partial charge in [0.15, 0.2) is 23.1 Å². The summed E-state index contributed by atoms with van der Waals surface area (Å²) in [5, 5.41) is 6.93. The summed E-state index contributed by atoms with van der Waals surface area (Å²) in [6, 6.07) is 65.5. The van der Waals surface area contributed by atoms with Crippen molar-refractivity contribution in [3.63, 3.8) is 0 Å². The van der Waals surface area contributed by atoms with Crippen LogP contribution in [0.5, 0.6) is 0 Å². The van der Waals surface area contributed by atoms with Gasteiger partial charge in [-0.2, -0.15) is 0 Å². The number of para-hydroxylation sites is 4. The number of nitrogens with zero attached hydrogens (tertiary/aromatic N) is 5. The third kappa shape index (κ3) is 4.81. The van der Waals surface area contributed by atoms with Gasteiger partial charge in [0.25, 0.3) is 0 Å². The van der Waals surface area contributed by atoms with Gasteiger partial charge in [0.2, 0.25) is 0 Å². The molecular formula is C51H31N5O. The van der Waals surface area contributed by atoms with Gasteiger partial charge >= 0.3 is 0 Å². The van der Waals surface area contributed by atoms with Crippen LogP contribution in [0.4, 0.5) is 0 Å². The van der Waals surface area contributed by atoms with E-state index in [0.29, 0.717) is 17.5 Å². The zero-order valence-electron chi connectivity index (χ0n) is 30.5. The first kappa shape index (κ1) is 31.5. The van der Waals surface area contributed by atoms with Gasteiger partial charge in [0.1, 0.15) is 5.58 Å². The number of benzene rings is 8. The average molecular weight is 730 g/mol. The van der Waals surface area contributed by atoms with E-state index in [1.54, 1.807) is 0 Å². The van der Waals surface area contributed by atoms with Gasteiger partial charge in [-0.05, 0) is 48.5 Å². The van der Waals surface area contributed by atoms with Gasteiger partial charge in [-0.3, -0.25) is 0 Å². The summed E-state index contributed by atoms with van der Waals surface area (Å²) in [5.41, 5.74) is 11.0. The summed E-state index contributed by atoms with van der Waals surface area (Å²) in [6.07, 6.45) is 0. The molecule has 6 nitrogen and oxygen atoms in total. The second kappa shape index (κ2) is 12.3. The molecule has 4 heterocycles. The molecule has 0 saturated heterocycles. The van der Waals surface area contributed by atoms with Crippen molar-refractivity contribution in [2.45, 2.75) is 0 Å². The fourth-order valence-corrected chi connectivity index (χ4v) is 8.65. The van der Waals surface area contributed by atoms with E-state index in [9.17, 15) is 0 Å². The second-order valence-electron chi connectivity index (χ2n) is 14.4. The molecule has 12 aromatic rings. The van der Waals surface area contributed by atoms with E-state index in [-0.39, 0.29) is 0 Å². The molecule has 0 unspecified atom stereocenters. The molecule has 0 aliphatic rings. The monoisotopic (exact) mass is 729 g/mol. The number of aromatic nitrogens is 5. The molecule has 6 heteroatoms. The van der Waals surface area contributed by atoms with E-state index in [4.69, 9.17) is 19.4 Å². The molecule has 0 radical (unpaired) electrons. The van der Waals surface area contributed by atoms with Crippen molar-refractivity contribution in [3.05, 3.63) is 188 Å². The smallest absolute Gasteiger partial charge is 0.164 e. The predicted molar refractivity (Wildman–Crippen MR) is 232 cm³/mol. The molecule has 0 N–H and O–H groups in total. The van der Waals surface area contributed by atoms with Gasteiger partial charge < -0.3 is 13.6 Å². The highest BCUT2D eigenvalue weighted by atomic mass is 16.3. The Morgan fingerprint density at radius 2 is 0.930 bits per heavy atom. The standard InChI is InChI=1S/C51H31N5O/c1-4-15-32(16-5-1)49-52-50(33-17-6-2-7-18-33)54-51(53-49)34-27-28-37-39-23-14-26-44(48(39)57-45(37)31-34)56-42-25-13-11-22-40(42)46-43(56)30-29-38-36-21-10-12-24-41(36)55(47(38)46)35-19-8-3-9-20-35/h1-31H. The normalized spacial score (nSPS) is 11.9. The molecule has 12 rings (SSSR count). The number of rotatable bonds is 5. The highest BCUT2D eigenvalue weighted by Gasteiger charge is 2.23. The Balaban J connectivity index is 1.09. The molecule has 0 aliphatic carbocycles. The molecule has 4 aromatic heterocycles. The number of fused-ring (bicyclic) bond motifs is 10. The van der Waals surface area contributed by atoms with Crippen LogP contribution in [0.2, 0.25) is 0 Å². The molecule has 0 aliphatic heterocycles. The fraction of sp³-hybridized carbons (Fsp3) is 0. The van der Waals surface area contributed by atoms with E-state index in [1.807, 2.05) is 60.7 Å². The van der Waals surface area contributed by atoms with Crippen LogP contribution >= 0.6 is 0 Å². The summed E-state index contributed by atoms with van der Waals surface area (Å²) in [6.45, 7) is 0. The maximum atomic E-state index is 6.93. The van der Waals surface area contributed by atoms with Crippen LogP contribution in [-0.2, 0) is 0 Å². The Morgan fingerprint density at radius 3 is 1.63 bits per heavy atom. The molecule has 57 heavy (non-hydrogen) atoms. The Kier molecular flexibility index (Phi) is 6.83. The SMILES string of the molecule is c1ccc(-c2nc(-c3ccccc3)nc(-c3ccc4c(c3)oc3c(-n5c6ccccc6c6c5ccc5c7ccccc7n(-c7ccccc7)c56)cccc34)n2)cc1. The maximum absolute atomic E-state index is 6.93. The molecule has 0 bridgehead atoms. The highest BCUT2D eigenvalue weighted by Crippen LogP contribution is 2.44. The molecule has 0 fully saturated rings.